The lowest BCUT2D eigenvalue weighted by molar-refractivity contribution is -0.00570. The summed E-state index contributed by atoms with van der Waals surface area (Å²) in [6.07, 6.45) is 3.26. The Balaban J connectivity index is 1.12. The van der Waals surface area contributed by atoms with Crippen molar-refractivity contribution in [2.24, 2.45) is 5.90 Å². The number of likely N-dealkylation sites (tertiary alicyclic amines) is 1. The van der Waals surface area contributed by atoms with Crippen LogP contribution in [0.15, 0.2) is 72.9 Å². The predicted molar refractivity (Wildman–Crippen MR) is 145 cm³/mol. The highest BCUT2D eigenvalue weighted by molar-refractivity contribution is 6.02. The summed E-state index contributed by atoms with van der Waals surface area (Å²) in [5.74, 6) is 6.87. The molecule has 40 heavy (non-hydrogen) atoms. The van der Waals surface area contributed by atoms with Gasteiger partial charge in [-0.1, -0.05) is 18.2 Å². The molecule has 0 unspecified atom stereocenters. The minimum atomic E-state index is -0.647. The van der Waals surface area contributed by atoms with Gasteiger partial charge >= 0.3 is 0 Å². The highest BCUT2D eigenvalue weighted by Gasteiger charge is 2.44. The molecule has 1 spiro atoms. The molecule has 1 saturated heterocycles. The maximum atomic E-state index is 13.7. The molecule has 0 bridgehead atoms. The molecule has 3 N–H and O–H groups in total. The van der Waals surface area contributed by atoms with Gasteiger partial charge in [-0.3, -0.25) is 9.59 Å². The number of Topliss-reactive ketones (excluding diaryl/α,β-unsaturated/α-hetero) is 1. The normalized spacial score (nSPS) is 16.1. The molecule has 3 aromatic carbocycles. The highest BCUT2D eigenvalue weighted by Crippen LogP contribution is 2.41. The summed E-state index contributed by atoms with van der Waals surface area (Å²) in [6, 6.07) is 20.7. The molecule has 7 rings (SSSR count). The maximum absolute atomic E-state index is 13.7. The average molecular weight is 536 g/mol. The third-order valence-electron chi connectivity index (χ3n) is 7.83. The van der Waals surface area contributed by atoms with E-state index in [4.69, 9.17) is 15.5 Å². The van der Waals surface area contributed by atoms with Crippen LogP contribution in [0.5, 0.6) is 11.5 Å². The van der Waals surface area contributed by atoms with E-state index in [1.807, 2.05) is 59.3 Å². The van der Waals surface area contributed by atoms with Crippen LogP contribution in [0.4, 0.5) is 0 Å². The van der Waals surface area contributed by atoms with Gasteiger partial charge in [-0.15, -0.1) is 10.2 Å². The first-order valence-corrected chi connectivity index (χ1v) is 13.0. The Bertz CT molecular complexity index is 1740. The van der Waals surface area contributed by atoms with E-state index in [-0.39, 0.29) is 18.1 Å². The smallest absolute Gasteiger partial charge is 0.254 e. The van der Waals surface area contributed by atoms with E-state index >= 15 is 0 Å². The third kappa shape index (κ3) is 3.98. The number of benzene rings is 3. The first kappa shape index (κ1) is 24.0. The lowest BCUT2D eigenvalue weighted by atomic mass is 9.82. The van der Waals surface area contributed by atoms with Gasteiger partial charge in [0.1, 0.15) is 11.4 Å². The fraction of sp³-hybridized carbons (Fsp3) is 0.207. The van der Waals surface area contributed by atoms with Crippen LogP contribution in [0.1, 0.15) is 40.0 Å². The Morgan fingerprint density at radius 2 is 1.88 bits per heavy atom. The topological polar surface area (TPSA) is 141 Å². The predicted octanol–water partition coefficient (Wildman–Crippen LogP) is 3.70. The quantitative estimate of drug-likeness (QED) is 0.332. The Kier molecular flexibility index (Phi) is 5.60. The van der Waals surface area contributed by atoms with Gasteiger partial charge in [0, 0.05) is 54.3 Å². The summed E-state index contributed by atoms with van der Waals surface area (Å²) >= 11 is 0. The molecule has 0 radical (unpaired) electrons. The summed E-state index contributed by atoms with van der Waals surface area (Å²) in [5.41, 5.74) is 2.83. The number of hydrogen-bond acceptors (Lipinski definition) is 8. The van der Waals surface area contributed by atoms with Gasteiger partial charge < -0.3 is 19.0 Å². The minimum Gasteiger partial charge on any atom is -0.486 e. The van der Waals surface area contributed by atoms with E-state index in [0.29, 0.717) is 59.9 Å². The monoisotopic (exact) mass is 535 g/mol. The molecule has 2 aliphatic heterocycles. The Labute approximate surface area is 228 Å². The molecular weight excluding hydrogens is 510 g/mol. The van der Waals surface area contributed by atoms with Gasteiger partial charge in [-0.05, 0) is 53.7 Å². The van der Waals surface area contributed by atoms with Crippen LogP contribution in [0, 0.1) is 0 Å². The zero-order valence-corrected chi connectivity index (χ0v) is 21.4. The number of piperidine rings is 1. The lowest BCUT2D eigenvalue weighted by Gasteiger charge is -2.44. The van der Waals surface area contributed by atoms with Crippen molar-refractivity contribution in [3.05, 3.63) is 84.1 Å². The fourth-order valence-corrected chi connectivity index (χ4v) is 5.74. The zero-order chi connectivity index (χ0) is 27.3. The van der Waals surface area contributed by atoms with Crippen molar-refractivity contribution in [1.82, 2.24) is 30.1 Å². The van der Waals surface area contributed by atoms with E-state index in [9.17, 15) is 9.59 Å². The van der Waals surface area contributed by atoms with Gasteiger partial charge in [-0.2, -0.15) is 11.1 Å². The standard InChI is InChI=1S/C29H25N7O4/c30-40-26-16-19(15-23-21(26)8-11-36(23)20-4-2-1-3-5-20)28(38)35-12-9-29(10-13-35)17-24(37)22-14-18(6-7-25(22)39-29)27-31-33-34-32-27/h1-8,11,14-16H,9-10,12-13,17,30H2,(H,31,32,33,34). The van der Waals surface area contributed by atoms with Gasteiger partial charge in [0.05, 0.1) is 17.5 Å². The number of hydrogen-bond donors (Lipinski definition) is 2. The van der Waals surface area contributed by atoms with Crippen LogP contribution in [-0.2, 0) is 0 Å². The molecule has 200 valence electrons. The molecular formula is C29H25N7O4. The van der Waals surface area contributed by atoms with Crippen molar-refractivity contribution < 1.29 is 19.2 Å². The lowest BCUT2D eigenvalue weighted by Crippen LogP contribution is -2.52. The number of carbonyl (C=O) groups excluding carboxylic acids is 2. The molecule has 11 heteroatoms. The molecule has 2 aromatic heterocycles. The molecule has 0 aliphatic carbocycles. The van der Waals surface area contributed by atoms with Crippen LogP contribution < -0.4 is 15.5 Å². The van der Waals surface area contributed by atoms with Crippen molar-refractivity contribution in [1.29, 1.82) is 0 Å². The summed E-state index contributed by atoms with van der Waals surface area (Å²) < 4.78 is 8.43. The van der Waals surface area contributed by atoms with Crippen molar-refractivity contribution in [3.8, 4) is 28.6 Å². The van der Waals surface area contributed by atoms with Gasteiger partial charge in [-0.25, -0.2) is 0 Å². The molecule has 4 heterocycles. The largest absolute Gasteiger partial charge is 0.486 e. The van der Waals surface area contributed by atoms with Gasteiger partial charge in [0.15, 0.2) is 11.5 Å². The first-order chi connectivity index (χ1) is 19.5. The van der Waals surface area contributed by atoms with Crippen LogP contribution in [0.3, 0.4) is 0 Å². The molecule has 0 atom stereocenters. The van der Waals surface area contributed by atoms with Crippen molar-refractivity contribution in [2.45, 2.75) is 24.9 Å². The van der Waals surface area contributed by atoms with Gasteiger partial charge in [0.25, 0.3) is 5.91 Å². The van der Waals surface area contributed by atoms with Crippen LogP contribution in [-0.4, -0.2) is 60.5 Å². The minimum absolute atomic E-state index is 0.00299. The second-order valence-electron chi connectivity index (χ2n) is 10.2. The summed E-state index contributed by atoms with van der Waals surface area (Å²) in [7, 11) is 0. The molecule has 5 aromatic rings. The fourth-order valence-electron chi connectivity index (χ4n) is 5.74. The zero-order valence-electron chi connectivity index (χ0n) is 21.4. The second-order valence-corrected chi connectivity index (χ2v) is 10.2. The number of fused-ring (bicyclic) bond motifs is 2. The molecule has 2 aliphatic rings. The van der Waals surface area contributed by atoms with Crippen LogP contribution >= 0.6 is 0 Å². The molecule has 0 saturated carbocycles. The number of aromatic nitrogens is 5. The van der Waals surface area contributed by atoms with Crippen molar-refractivity contribution in [2.75, 3.05) is 13.1 Å². The summed E-state index contributed by atoms with van der Waals surface area (Å²) in [6.45, 7) is 0.915. The second kappa shape index (κ2) is 9.31. The summed E-state index contributed by atoms with van der Waals surface area (Å²) in [4.78, 5) is 33.8. The Morgan fingerprint density at radius 3 is 2.62 bits per heavy atom. The van der Waals surface area contributed by atoms with E-state index in [2.05, 4.69) is 20.6 Å². The number of tetrazole rings is 1. The van der Waals surface area contributed by atoms with Crippen LogP contribution in [0.2, 0.25) is 0 Å². The number of aromatic amines is 1. The molecule has 1 amide bonds. The number of nitrogens with one attached hydrogen (secondary N) is 1. The van der Waals surface area contributed by atoms with Crippen LogP contribution in [0.25, 0.3) is 28.0 Å². The highest BCUT2D eigenvalue weighted by atomic mass is 16.6. The number of ketones is 1. The number of nitrogens with zero attached hydrogens (tertiary/aromatic N) is 5. The third-order valence-corrected chi connectivity index (χ3v) is 7.83. The number of rotatable bonds is 4. The van der Waals surface area contributed by atoms with Crippen molar-refractivity contribution in [3.63, 3.8) is 0 Å². The number of H-pyrrole nitrogens is 1. The SMILES string of the molecule is NOc1cc(C(=O)N2CCC3(CC2)CC(=O)c2cc(-c4nn[nH]n4)ccc2O3)cc2c1ccn2-c1ccccc1. The van der Waals surface area contributed by atoms with E-state index < -0.39 is 5.60 Å². The molecule has 1 fully saturated rings. The number of nitrogens with two attached hydrogens (primary N) is 1. The number of amides is 1. The van der Waals surface area contributed by atoms with E-state index in [1.165, 1.54) is 0 Å². The first-order valence-electron chi connectivity index (χ1n) is 13.0. The number of para-hydroxylation sites is 1. The molecule has 11 nitrogen and oxygen atoms in total. The Morgan fingerprint density at radius 1 is 1.05 bits per heavy atom. The number of ether oxygens (including phenoxy) is 1. The van der Waals surface area contributed by atoms with Crippen molar-refractivity contribution >= 4 is 22.6 Å². The Hall–Kier alpha value is -5.03. The average Bonchev–Trinajstić information content (AvgIpc) is 3.68. The summed E-state index contributed by atoms with van der Waals surface area (Å²) in [5, 5.41) is 14.8. The maximum Gasteiger partial charge on any atom is 0.254 e. The van der Waals surface area contributed by atoms with Gasteiger partial charge in [0.2, 0.25) is 5.82 Å². The number of carbonyl (C=O) groups is 2. The van der Waals surface area contributed by atoms with E-state index in [1.54, 1.807) is 23.1 Å². The van der Waals surface area contributed by atoms with E-state index in [0.717, 1.165) is 16.6 Å².